The Morgan fingerprint density at radius 3 is 2.94 bits per heavy atom. The standard InChI is InChI=1S/C11H10BrFN2O/c12-9-1-2-11(13)8(5-9)6-14-7-10-3-4-15-16-10/h1-5,14H,6-7H2. The normalized spacial score (nSPS) is 10.6. The molecule has 2 aromatic rings. The summed E-state index contributed by atoms with van der Waals surface area (Å²) in [6, 6.07) is 6.64. The summed E-state index contributed by atoms with van der Waals surface area (Å²) in [6.07, 6.45) is 1.58. The number of hydrogen-bond donors (Lipinski definition) is 1. The molecule has 0 radical (unpaired) electrons. The number of hydrogen-bond acceptors (Lipinski definition) is 3. The van der Waals surface area contributed by atoms with Crippen LogP contribution in [-0.2, 0) is 13.1 Å². The Kier molecular flexibility index (Phi) is 3.69. The molecule has 1 aromatic carbocycles. The van der Waals surface area contributed by atoms with Crippen LogP contribution in [0.1, 0.15) is 11.3 Å². The Bertz CT molecular complexity index is 459. The molecular formula is C11H10BrFN2O. The lowest BCUT2D eigenvalue weighted by Gasteiger charge is -2.04. The molecule has 0 unspecified atom stereocenters. The van der Waals surface area contributed by atoms with Crippen LogP contribution in [0, 0.1) is 5.82 Å². The molecule has 0 amide bonds. The van der Waals surface area contributed by atoms with E-state index in [0.717, 1.165) is 10.2 Å². The summed E-state index contributed by atoms with van der Waals surface area (Å²) < 4.78 is 19.1. The first-order chi connectivity index (χ1) is 7.75. The van der Waals surface area contributed by atoms with E-state index in [0.29, 0.717) is 18.7 Å². The van der Waals surface area contributed by atoms with E-state index < -0.39 is 0 Å². The van der Waals surface area contributed by atoms with Crippen LogP contribution in [0.4, 0.5) is 4.39 Å². The molecule has 84 valence electrons. The van der Waals surface area contributed by atoms with E-state index in [9.17, 15) is 4.39 Å². The van der Waals surface area contributed by atoms with Gasteiger partial charge in [-0.05, 0) is 18.2 Å². The van der Waals surface area contributed by atoms with Gasteiger partial charge in [0.15, 0.2) is 0 Å². The molecule has 1 heterocycles. The van der Waals surface area contributed by atoms with Gasteiger partial charge in [-0.3, -0.25) is 0 Å². The van der Waals surface area contributed by atoms with Gasteiger partial charge in [0.25, 0.3) is 0 Å². The largest absolute Gasteiger partial charge is 0.360 e. The number of rotatable bonds is 4. The zero-order chi connectivity index (χ0) is 11.4. The fraction of sp³-hybridized carbons (Fsp3) is 0.182. The number of aromatic nitrogens is 1. The third-order valence-corrected chi connectivity index (χ3v) is 2.61. The van der Waals surface area contributed by atoms with Crippen LogP contribution in [0.3, 0.4) is 0 Å². The van der Waals surface area contributed by atoms with Crippen LogP contribution in [0.5, 0.6) is 0 Å². The van der Waals surface area contributed by atoms with Gasteiger partial charge in [0, 0.05) is 22.6 Å². The summed E-state index contributed by atoms with van der Waals surface area (Å²) >= 11 is 3.30. The summed E-state index contributed by atoms with van der Waals surface area (Å²) in [5, 5.41) is 6.66. The van der Waals surface area contributed by atoms with Crippen molar-refractivity contribution in [2.24, 2.45) is 0 Å². The maximum absolute atomic E-state index is 13.3. The molecule has 0 bridgehead atoms. The van der Waals surface area contributed by atoms with Crippen molar-refractivity contribution in [3.05, 3.63) is 52.1 Å². The first-order valence-corrected chi connectivity index (χ1v) is 5.59. The highest BCUT2D eigenvalue weighted by Crippen LogP contribution is 2.15. The van der Waals surface area contributed by atoms with Crippen molar-refractivity contribution >= 4 is 15.9 Å². The van der Waals surface area contributed by atoms with Gasteiger partial charge in [0.05, 0.1) is 12.7 Å². The zero-order valence-electron chi connectivity index (χ0n) is 8.41. The Morgan fingerprint density at radius 1 is 1.31 bits per heavy atom. The molecule has 0 saturated heterocycles. The Morgan fingerprint density at radius 2 is 2.19 bits per heavy atom. The summed E-state index contributed by atoms with van der Waals surface area (Å²) in [6.45, 7) is 0.984. The number of nitrogens with one attached hydrogen (secondary N) is 1. The Balaban J connectivity index is 1.92. The number of halogens is 2. The smallest absolute Gasteiger partial charge is 0.150 e. The quantitative estimate of drug-likeness (QED) is 0.938. The van der Waals surface area contributed by atoms with Crippen LogP contribution in [0.25, 0.3) is 0 Å². The third-order valence-electron chi connectivity index (χ3n) is 2.11. The Labute approximate surface area is 101 Å². The van der Waals surface area contributed by atoms with Crippen LogP contribution < -0.4 is 5.32 Å². The van der Waals surface area contributed by atoms with Crippen molar-refractivity contribution in [2.45, 2.75) is 13.1 Å². The molecule has 2 rings (SSSR count). The van der Waals surface area contributed by atoms with E-state index in [-0.39, 0.29) is 5.82 Å². The van der Waals surface area contributed by atoms with Crippen molar-refractivity contribution < 1.29 is 8.91 Å². The van der Waals surface area contributed by atoms with Gasteiger partial charge in [0.2, 0.25) is 0 Å². The Hall–Kier alpha value is -1.20. The third kappa shape index (κ3) is 2.90. The molecule has 1 N–H and O–H groups in total. The predicted molar refractivity (Wildman–Crippen MR) is 61.1 cm³/mol. The molecule has 3 nitrogen and oxygen atoms in total. The summed E-state index contributed by atoms with van der Waals surface area (Å²) in [5.41, 5.74) is 0.619. The average Bonchev–Trinajstić information content (AvgIpc) is 2.76. The van der Waals surface area contributed by atoms with E-state index in [1.54, 1.807) is 24.4 Å². The lowest BCUT2D eigenvalue weighted by atomic mass is 10.2. The van der Waals surface area contributed by atoms with Gasteiger partial charge in [-0.15, -0.1) is 0 Å². The summed E-state index contributed by atoms with van der Waals surface area (Å²) in [7, 11) is 0. The monoisotopic (exact) mass is 284 g/mol. The minimum absolute atomic E-state index is 0.215. The summed E-state index contributed by atoms with van der Waals surface area (Å²) in [5.74, 6) is 0.517. The van der Waals surface area contributed by atoms with E-state index in [2.05, 4.69) is 26.4 Å². The molecular weight excluding hydrogens is 275 g/mol. The highest BCUT2D eigenvalue weighted by Gasteiger charge is 2.03. The molecule has 0 saturated carbocycles. The molecule has 0 aliphatic heterocycles. The fourth-order valence-corrected chi connectivity index (χ4v) is 1.74. The van der Waals surface area contributed by atoms with Gasteiger partial charge in [0.1, 0.15) is 11.6 Å². The van der Waals surface area contributed by atoms with Crippen molar-refractivity contribution in [1.29, 1.82) is 0 Å². The van der Waals surface area contributed by atoms with Crippen molar-refractivity contribution in [3.8, 4) is 0 Å². The molecule has 0 spiro atoms. The van der Waals surface area contributed by atoms with Crippen molar-refractivity contribution in [2.75, 3.05) is 0 Å². The second kappa shape index (κ2) is 5.23. The van der Waals surface area contributed by atoms with E-state index in [4.69, 9.17) is 4.52 Å². The topological polar surface area (TPSA) is 38.1 Å². The minimum Gasteiger partial charge on any atom is -0.360 e. The first-order valence-electron chi connectivity index (χ1n) is 4.80. The molecule has 0 fully saturated rings. The van der Waals surface area contributed by atoms with Gasteiger partial charge in [-0.25, -0.2) is 4.39 Å². The van der Waals surface area contributed by atoms with E-state index >= 15 is 0 Å². The van der Waals surface area contributed by atoms with Gasteiger partial charge >= 0.3 is 0 Å². The van der Waals surface area contributed by atoms with Crippen molar-refractivity contribution in [1.82, 2.24) is 10.5 Å². The lowest BCUT2D eigenvalue weighted by molar-refractivity contribution is 0.372. The summed E-state index contributed by atoms with van der Waals surface area (Å²) in [4.78, 5) is 0. The molecule has 0 aliphatic carbocycles. The minimum atomic E-state index is -0.215. The van der Waals surface area contributed by atoms with E-state index in [1.807, 2.05) is 0 Å². The molecule has 0 atom stereocenters. The van der Waals surface area contributed by atoms with Gasteiger partial charge in [-0.1, -0.05) is 21.1 Å². The second-order valence-electron chi connectivity index (χ2n) is 3.32. The number of nitrogens with zero attached hydrogens (tertiary/aromatic N) is 1. The zero-order valence-corrected chi connectivity index (χ0v) is 10.00. The molecule has 5 heteroatoms. The van der Waals surface area contributed by atoms with Crippen LogP contribution in [0.15, 0.2) is 39.5 Å². The van der Waals surface area contributed by atoms with Crippen LogP contribution in [-0.4, -0.2) is 5.16 Å². The maximum atomic E-state index is 13.3. The van der Waals surface area contributed by atoms with E-state index in [1.165, 1.54) is 6.07 Å². The van der Waals surface area contributed by atoms with Crippen molar-refractivity contribution in [3.63, 3.8) is 0 Å². The van der Waals surface area contributed by atoms with Gasteiger partial charge in [-0.2, -0.15) is 0 Å². The lowest BCUT2D eigenvalue weighted by Crippen LogP contribution is -2.13. The molecule has 16 heavy (non-hydrogen) atoms. The maximum Gasteiger partial charge on any atom is 0.150 e. The highest BCUT2D eigenvalue weighted by molar-refractivity contribution is 9.10. The molecule has 0 aliphatic rings. The highest BCUT2D eigenvalue weighted by atomic mass is 79.9. The average molecular weight is 285 g/mol. The van der Waals surface area contributed by atoms with Crippen LogP contribution >= 0.6 is 15.9 Å². The number of benzene rings is 1. The van der Waals surface area contributed by atoms with Gasteiger partial charge < -0.3 is 9.84 Å². The first kappa shape index (κ1) is 11.3. The fourth-order valence-electron chi connectivity index (χ4n) is 1.33. The van der Waals surface area contributed by atoms with Crippen LogP contribution in [0.2, 0.25) is 0 Å². The molecule has 1 aromatic heterocycles. The SMILES string of the molecule is Fc1ccc(Br)cc1CNCc1ccno1. The predicted octanol–water partition coefficient (Wildman–Crippen LogP) is 2.87. The second-order valence-corrected chi connectivity index (χ2v) is 4.23.